The number of halogens is 2. The minimum Gasteiger partial charge on any atom is -0.435 e. The zero-order chi connectivity index (χ0) is 16.2. The first-order valence-electron chi connectivity index (χ1n) is 7.49. The van der Waals surface area contributed by atoms with Crippen LogP contribution in [0.5, 0.6) is 5.75 Å². The van der Waals surface area contributed by atoms with Crippen molar-refractivity contribution in [2.75, 3.05) is 6.54 Å². The van der Waals surface area contributed by atoms with E-state index in [1.165, 1.54) is 30.0 Å². The van der Waals surface area contributed by atoms with Gasteiger partial charge in [-0.2, -0.15) is 8.78 Å². The summed E-state index contributed by atoms with van der Waals surface area (Å²) in [6.45, 7) is -1.87. The molecular weight excluding hydrogens is 322 g/mol. The summed E-state index contributed by atoms with van der Waals surface area (Å²) in [5, 5.41) is 16.5. The van der Waals surface area contributed by atoms with Gasteiger partial charge in [0, 0.05) is 24.4 Å². The van der Waals surface area contributed by atoms with Crippen molar-refractivity contribution in [3.8, 4) is 5.75 Å². The number of nitrogens with one attached hydrogen (secondary N) is 1. The van der Waals surface area contributed by atoms with Crippen LogP contribution in [-0.2, 0) is 6.54 Å². The number of aliphatic hydroxyl groups excluding tert-OH is 1. The predicted molar refractivity (Wildman–Crippen MR) is 83.8 cm³/mol. The van der Waals surface area contributed by atoms with Crippen LogP contribution in [0.25, 0.3) is 0 Å². The van der Waals surface area contributed by atoms with Gasteiger partial charge >= 0.3 is 6.61 Å². The quantitative estimate of drug-likeness (QED) is 0.773. The number of aromatic nitrogens is 1. The number of aliphatic hydroxyl groups is 1. The topological polar surface area (TPSA) is 54.4 Å². The third-order valence-corrected chi connectivity index (χ3v) is 4.69. The molecule has 0 saturated heterocycles. The molecule has 1 aromatic heterocycles. The molecule has 124 valence electrons. The number of rotatable bonds is 8. The Bertz CT molecular complexity index is 629. The molecule has 0 spiro atoms. The van der Waals surface area contributed by atoms with Gasteiger partial charge in [0.05, 0.1) is 16.8 Å². The molecule has 1 aliphatic carbocycles. The van der Waals surface area contributed by atoms with E-state index in [4.69, 9.17) is 0 Å². The molecule has 1 saturated carbocycles. The Hall–Kier alpha value is -1.57. The van der Waals surface area contributed by atoms with Crippen molar-refractivity contribution in [3.63, 3.8) is 0 Å². The smallest absolute Gasteiger partial charge is 0.387 e. The summed E-state index contributed by atoms with van der Waals surface area (Å²) in [7, 11) is 0. The van der Waals surface area contributed by atoms with Crippen LogP contribution < -0.4 is 10.1 Å². The molecule has 7 heteroatoms. The molecule has 3 rings (SSSR count). The van der Waals surface area contributed by atoms with Crippen molar-refractivity contribution in [1.29, 1.82) is 0 Å². The average Bonchev–Trinajstić information content (AvgIpc) is 3.27. The van der Waals surface area contributed by atoms with Gasteiger partial charge in [0.15, 0.2) is 0 Å². The highest BCUT2D eigenvalue weighted by Gasteiger charge is 2.26. The number of thiazole rings is 1. The molecule has 1 aliphatic rings. The number of alkyl halides is 2. The summed E-state index contributed by atoms with van der Waals surface area (Å²) in [6, 6.07) is 6.01. The van der Waals surface area contributed by atoms with E-state index in [9.17, 15) is 13.9 Å². The van der Waals surface area contributed by atoms with E-state index in [1.54, 1.807) is 23.5 Å². The Morgan fingerprint density at radius 2 is 2.04 bits per heavy atom. The molecule has 1 unspecified atom stereocenters. The Balaban J connectivity index is 1.45. The molecular formula is C16H18F2N2O2S. The van der Waals surface area contributed by atoms with Gasteiger partial charge < -0.3 is 15.2 Å². The van der Waals surface area contributed by atoms with Crippen LogP contribution in [-0.4, -0.2) is 23.2 Å². The molecule has 2 aromatic rings. The van der Waals surface area contributed by atoms with E-state index in [0.717, 1.165) is 5.69 Å². The first-order chi connectivity index (χ1) is 11.1. The van der Waals surface area contributed by atoms with E-state index in [2.05, 4.69) is 15.0 Å². The third-order valence-electron chi connectivity index (χ3n) is 3.63. The zero-order valence-electron chi connectivity index (χ0n) is 12.4. The van der Waals surface area contributed by atoms with Crippen molar-refractivity contribution in [2.24, 2.45) is 0 Å². The van der Waals surface area contributed by atoms with Crippen LogP contribution in [0.4, 0.5) is 8.78 Å². The largest absolute Gasteiger partial charge is 0.435 e. The normalized spacial score (nSPS) is 15.8. The molecule has 0 bridgehead atoms. The van der Waals surface area contributed by atoms with Crippen molar-refractivity contribution < 1.29 is 18.6 Å². The number of benzene rings is 1. The fourth-order valence-corrected chi connectivity index (χ4v) is 3.24. The van der Waals surface area contributed by atoms with Crippen LogP contribution in [0.3, 0.4) is 0 Å². The van der Waals surface area contributed by atoms with Crippen molar-refractivity contribution in [1.82, 2.24) is 10.3 Å². The maximum atomic E-state index is 12.1. The monoisotopic (exact) mass is 340 g/mol. The van der Waals surface area contributed by atoms with Gasteiger partial charge in [-0.25, -0.2) is 4.98 Å². The number of ether oxygens (including phenoxy) is 1. The molecule has 1 aromatic carbocycles. The highest BCUT2D eigenvalue weighted by molar-refractivity contribution is 7.09. The lowest BCUT2D eigenvalue weighted by atomic mass is 10.1. The number of hydrogen-bond donors (Lipinski definition) is 2. The second-order valence-electron chi connectivity index (χ2n) is 5.55. The minimum atomic E-state index is -2.84. The maximum absolute atomic E-state index is 12.1. The molecule has 4 nitrogen and oxygen atoms in total. The van der Waals surface area contributed by atoms with E-state index >= 15 is 0 Å². The highest BCUT2D eigenvalue weighted by atomic mass is 32.1. The molecule has 0 aliphatic heterocycles. The van der Waals surface area contributed by atoms with Gasteiger partial charge in [-0.1, -0.05) is 12.1 Å². The second kappa shape index (κ2) is 7.33. The van der Waals surface area contributed by atoms with E-state index in [-0.39, 0.29) is 5.75 Å². The van der Waals surface area contributed by atoms with E-state index in [1.807, 2.05) is 5.38 Å². The summed E-state index contributed by atoms with van der Waals surface area (Å²) in [5.41, 5.74) is 1.64. The first kappa shape index (κ1) is 16.3. The highest BCUT2D eigenvalue weighted by Crippen LogP contribution is 2.41. The second-order valence-corrected chi connectivity index (χ2v) is 6.44. The van der Waals surface area contributed by atoms with Crippen LogP contribution in [0.1, 0.15) is 41.1 Å². The Morgan fingerprint density at radius 3 is 2.70 bits per heavy atom. The SMILES string of the molecule is OC(CNCc1csc(C2CC2)n1)c1ccc(OC(F)F)cc1. The lowest BCUT2D eigenvalue weighted by Crippen LogP contribution is -2.21. The fraction of sp³-hybridized carbons (Fsp3) is 0.438. The average molecular weight is 340 g/mol. The third kappa shape index (κ3) is 4.70. The van der Waals surface area contributed by atoms with Gasteiger partial charge in [-0.15, -0.1) is 11.3 Å². The van der Waals surface area contributed by atoms with E-state index < -0.39 is 12.7 Å². The van der Waals surface area contributed by atoms with Gasteiger partial charge in [-0.05, 0) is 30.5 Å². The minimum absolute atomic E-state index is 0.0824. The molecule has 1 atom stereocenters. The standard InChI is InChI=1S/C16H18F2N2O2S/c17-16(18)22-13-5-3-10(4-6-13)14(21)8-19-7-12-9-23-15(20-12)11-1-2-11/h3-6,9,11,14,16,19,21H,1-2,7-8H2. The summed E-state index contributed by atoms with van der Waals surface area (Å²) in [5.74, 6) is 0.743. The van der Waals surface area contributed by atoms with Crippen LogP contribution in [0.15, 0.2) is 29.6 Å². The zero-order valence-corrected chi connectivity index (χ0v) is 13.2. The van der Waals surface area contributed by atoms with Crippen molar-refractivity contribution in [3.05, 3.63) is 45.9 Å². The molecule has 0 amide bonds. The van der Waals surface area contributed by atoms with Crippen LogP contribution >= 0.6 is 11.3 Å². The lowest BCUT2D eigenvalue weighted by Gasteiger charge is -2.12. The van der Waals surface area contributed by atoms with Gasteiger partial charge in [0.2, 0.25) is 0 Å². The summed E-state index contributed by atoms with van der Waals surface area (Å²) >= 11 is 1.69. The van der Waals surface area contributed by atoms with Gasteiger partial charge in [0.1, 0.15) is 5.75 Å². The molecule has 0 radical (unpaired) electrons. The van der Waals surface area contributed by atoms with Crippen molar-refractivity contribution in [2.45, 2.75) is 38.0 Å². The van der Waals surface area contributed by atoms with E-state index in [0.29, 0.717) is 24.6 Å². The summed E-state index contributed by atoms with van der Waals surface area (Å²) < 4.78 is 28.4. The Morgan fingerprint density at radius 1 is 1.30 bits per heavy atom. The Labute approximate surface area is 137 Å². The van der Waals surface area contributed by atoms with Crippen molar-refractivity contribution >= 4 is 11.3 Å². The first-order valence-corrected chi connectivity index (χ1v) is 8.37. The summed E-state index contributed by atoms with van der Waals surface area (Å²) in [6.07, 6.45) is 1.77. The molecule has 2 N–H and O–H groups in total. The number of hydrogen-bond acceptors (Lipinski definition) is 5. The lowest BCUT2D eigenvalue weighted by molar-refractivity contribution is -0.0498. The number of nitrogens with zero attached hydrogens (tertiary/aromatic N) is 1. The Kier molecular flexibility index (Phi) is 5.20. The predicted octanol–water partition coefficient (Wildman–Crippen LogP) is 3.45. The maximum Gasteiger partial charge on any atom is 0.387 e. The molecule has 1 heterocycles. The van der Waals surface area contributed by atoms with Crippen LogP contribution in [0.2, 0.25) is 0 Å². The summed E-state index contributed by atoms with van der Waals surface area (Å²) in [4.78, 5) is 4.57. The van der Waals surface area contributed by atoms with Crippen LogP contribution in [0, 0.1) is 0 Å². The molecule has 1 fully saturated rings. The van der Waals surface area contributed by atoms with Gasteiger partial charge in [-0.3, -0.25) is 0 Å². The fourth-order valence-electron chi connectivity index (χ4n) is 2.25. The van der Waals surface area contributed by atoms with Gasteiger partial charge in [0.25, 0.3) is 0 Å². The molecule has 23 heavy (non-hydrogen) atoms.